The Kier molecular flexibility index (Phi) is 3.23. The van der Waals surface area contributed by atoms with Crippen molar-refractivity contribution >= 4 is 0 Å². The molecule has 0 amide bonds. The first kappa shape index (κ1) is 15.3. The van der Waals surface area contributed by atoms with E-state index >= 15 is 0 Å². The van der Waals surface area contributed by atoms with Crippen LogP contribution in [-0.4, -0.2) is 16.4 Å². The van der Waals surface area contributed by atoms with Crippen LogP contribution in [0.15, 0.2) is 66.4 Å². The van der Waals surface area contributed by atoms with Crippen molar-refractivity contribution in [1.29, 1.82) is 0 Å². The first-order valence-corrected chi connectivity index (χ1v) is 8.99. The molecule has 5 rings (SSSR count). The molecule has 4 nitrogen and oxygen atoms in total. The van der Waals surface area contributed by atoms with Gasteiger partial charge in [-0.25, -0.2) is 4.68 Å². The van der Waals surface area contributed by atoms with E-state index in [9.17, 15) is 0 Å². The van der Waals surface area contributed by atoms with Gasteiger partial charge in [0.25, 0.3) is 0 Å². The van der Waals surface area contributed by atoms with Gasteiger partial charge in [-0.05, 0) is 31.5 Å². The maximum atomic E-state index is 6.10. The van der Waals surface area contributed by atoms with E-state index in [1.165, 1.54) is 5.56 Å². The molecule has 2 aromatic carbocycles. The Bertz CT molecular complexity index is 1020. The summed E-state index contributed by atoms with van der Waals surface area (Å²) in [6, 6.07) is 18.5. The van der Waals surface area contributed by atoms with Gasteiger partial charge < -0.3 is 9.47 Å². The molecule has 1 aromatic heterocycles. The number of nitrogens with zero attached hydrogens (tertiary/aromatic N) is 2. The second-order valence-corrected chi connectivity index (χ2v) is 6.82. The van der Waals surface area contributed by atoms with Gasteiger partial charge in [-0.15, -0.1) is 0 Å². The maximum Gasteiger partial charge on any atom is 0.226 e. The zero-order valence-electron chi connectivity index (χ0n) is 14.9. The molecule has 0 N–H and O–H groups in total. The molecule has 1 atom stereocenters. The van der Waals surface area contributed by atoms with Crippen molar-refractivity contribution in [2.45, 2.75) is 25.7 Å². The van der Waals surface area contributed by atoms with Gasteiger partial charge in [-0.3, -0.25) is 0 Å². The molecular weight excluding hydrogens is 324 g/mol. The predicted octanol–water partition coefficient (Wildman–Crippen LogP) is 4.55. The third-order valence-electron chi connectivity index (χ3n) is 5.57. The van der Waals surface area contributed by atoms with Crippen molar-refractivity contribution in [2.75, 3.05) is 6.61 Å². The van der Waals surface area contributed by atoms with Gasteiger partial charge >= 0.3 is 0 Å². The molecular formula is C22H20N2O2. The second kappa shape index (κ2) is 5.49. The summed E-state index contributed by atoms with van der Waals surface area (Å²) in [5.74, 6) is 1.75. The minimum atomic E-state index is -0.250. The molecule has 0 radical (unpaired) electrons. The summed E-state index contributed by atoms with van der Waals surface area (Å²) in [5, 5.41) is 4.84. The lowest BCUT2D eigenvalue weighted by molar-refractivity contribution is 0.270. The fourth-order valence-corrected chi connectivity index (χ4v) is 4.40. The quantitative estimate of drug-likeness (QED) is 0.684. The van der Waals surface area contributed by atoms with E-state index in [2.05, 4.69) is 32.0 Å². The van der Waals surface area contributed by atoms with E-state index in [1.54, 1.807) is 0 Å². The summed E-state index contributed by atoms with van der Waals surface area (Å²) in [4.78, 5) is 0. The standard InChI is InChI=1S/C22H20N2O2/c1-3-22-16(13-25-19-12-8-7-11-18(19)22)14-26-21-20(22)15(2)23-24(21)17-9-5-4-6-10-17/h4-12,14H,3,13H2,1-2H3/t22-/m0/s1. The van der Waals surface area contributed by atoms with Gasteiger partial charge in [0.1, 0.15) is 12.4 Å². The van der Waals surface area contributed by atoms with Crippen molar-refractivity contribution in [1.82, 2.24) is 9.78 Å². The second-order valence-electron chi connectivity index (χ2n) is 6.82. The van der Waals surface area contributed by atoms with E-state index in [-0.39, 0.29) is 5.41 Å². The highest BCUT2D eigenvalue weighted by molar-refractivity contribution is 5.62. The molecule has 0 saturated heterocycles. The summed E-state index contributed by atoms with van der Waals surface area (Å²) in [6.45, 7) is 4.84. The molecule has 0 bridgehead atoms. The van der Waals surface area contributed by atoms with Gasteiger partial charge in [-0.2, -0.15) is 5.10 Å². The summed E-state index contributed by atoms with van der Waals surface area (Å²) in [7, 11) is 0. The van der Waals surface area contributed by atoms with E-state index in [1.807, 2.05) is 47.3 Å². The Morgan fingerprint density at radius 2 is 1.85 bits per heavy atom. The molecule has 0 aliphatic carbocycles. The maximum absolute atomic E-state index is 6.10. The lowest BCUT2D eigenvalue weighted by atomic mass is 9.65. The first-order valence-electron chi connectivity index (χ1n) is 8.99. The zero-order chi connectivity index (χ0) is 17.7. The first-order chi connectivity index (χ1) is 12.8. The van der Waals surface area contributed by atoms with Crippen LogP contribution in [0.25, 0.3) is 5.69 Å². The summed E-state index contributed by atoms with van der Waals surface area (Å²) >= 11 is 0. The molecule has 0 unspecified atom stereocenters. The molecule has 2 aliphatic rings. The molecule has 3 aromatic rings. The largest absolute Gasteiger partial charge is 0.489 e. The molecule has 0 spiro atoms. The number of para-hydroxylation sites is 2. The average molecular weight is 344 g/mol. The Labute approximate surface area is 152 Å². The Hall–Kier alpha value is -3.01. The fourth-order valence-electron chi connectivity index (χ4n) is 4.40. The molecule has 4 heteroatoms. The lowest BCUT2D eigenvalue weighted by Crippen LogP contribution is -2.39. The molecule has 0 saturated carbocycles. The Balaban J connectivity index is 1.81. The van der Waals surface area contributed by atoms with E-state index in [0.29, 0.717) is 6.61 Å². The van der Waals surface area contributed by atoms with Gasteiger partial charge in [0.15, 0.2) is 0 Å². The third-order valence-corrected chi connectivity index (χ3v) is 5.57. The minimum Gasteiger partial charge on any atom is -0.489 e. The Morgan fingerprint density at radius 3 is 2.65 bits per heavy atom. The fraction of sp³-hybridized carbons (Fsp3) is 0.227. The summed E-state index contributed by atoms with van der Waals surface area (Å²) in [5.41, 5.74) is 5.24. The minimum absolute atomic E-state index is 0.250. The van der Waals surface area contributed by atoms with Gasteiger partial charge in [0.2, 0.25) is 5.88 Å². The summed E-state index contributed by atoms with van der Waals surface area (Å²) < 4.78 is 14.0. The van der Waals surface area contributed by atoms with Crippen molar-refractivity contribution < 1.29 is 9.47 Å². The molecule has 2 aliphatic heterocycles. The van der Waals surface area contributed by atoms with Crippen molar-refractivity contribution in [2.24, 2.45) is 0 Å². The average Bonchev–Trinajstić information content (AvgIpc) is 3.05. The number of hydrogen-bond donors (Lipinski definition) is 0. The normalized spacial score (nSPS) is 20.2. The van der Waals surface area contributed by atoms with Crippen LogP contribution in [-0.2, 0) is 5.41 Å². The SMILES string of the molecule is CC[C@@]12C(=COc3c1c(C)nn3-c1ccccc1)COc1ccccc12. The topological polar surface area (TPSA) is 36.3 Å². The van der Waals surface area contributed by atoms with Crippen LogP contribution in [0.4, 0.5) is 0 Å². The highest BCUT2D eigenvalue weighted by Crippen LogP contribution is 2.54. The number of rotatable bonds is 2. The van der Waals surface area contributed by atoms with E-state index < -0.39 is 0 Å². The van der Waals surface area contributed by atoms with Crippen LogP contribution in [0.2, 0.25) is 0 Å². The number of hydrogen-bond acceptors (Lipinski definition) is 3. The highest BCUT2D eigenvalue weighted by Gasteiger charge is 2.48. The third kappa shape index (κ3) is 1.87. The van der Waals surface area contributed by atoms with Crippen LogP contribution in [0.5, 0.6) is 11.6 Å². The van der Waals surface area contributed by atoms with Crippen LogP contribution in [0, 0.1) is 6.92 Å². The van der Waals surface area contributed by atoms with Crippen molar-refractivity contribution in [3.8, 4) is 17.3 Å². The molecule has 130 valence electrons. The number of benzene rings is 2. The predicted molar refractivity (Wildman–Crippen MR) is 100 cm³/mol. The molecule has 26 heavy (non-hydrogen) atoms. The number of ether oxygens (including phenoxy) is 2. The lowest BCUT2D eigenvalue weighted by Gasteiger charge is -2.42. The van der Waals surface area contributed by atoms with Crippen LogP contribution < -0.4 is 9.47 Å². The molecule has 3 heterocycles. The van der Waals surface area contributed by atoms with E-state index in [4.69, 9.17) is 14.6 Å². The monoisotopic (exact) mass is 344 g/mol. The number of fused-ring (bicyclic) bond motifs is 5. The van der Waals surface area contributed by atoms with Crippen molar-refractivity contribution in [3.05, 3.63) is 83.3 Å². The smallest absolute Gasteiger partial charge is 0.226 e. The van der Waals surface area contributed by atoms with Crippen LogP contribution in [0.3, 0.4) is 0 Å². The van der Waals surface area contributed by atoms with Gasteiger partial charge in [0, 0.05) is 11.1 Å². The van der Waals surface area contributed by atoms with Crippen molar-refractivity contribution in [3.63, 3.8) is 0 Å². The molecule has 0 fully saturated rings. The van der Waals surface area contributed by atoms with E-state index in [0.717, 1.165) is 40.6 Å². The highest BCUT2D eigenvalue weighted by atomic mass is 16.5. The Morgan fingerprint density at radius 1 is 1.08 bits per heavy atom. The van der Waals surface area contributed by atoms with Gasteiger partial charge in [0.05, 0.1) is 28.6 Å². The van der Waals surface area contributed by atoms with Crippen LogP contribution in [0.1, 0.15) is 30.2 Å². The zero-order valence-corrected chi connectivity index (χ0v) is 14.9. The van der Waals surface area contributed by atoms with Crippen LogP contribution >= 0.6 is 0 Å². The number of aromatic nitrogens is 2. The van der Waals surface area contributed by atoms with Gasteiger partial charge in [-0.1, -0.05) is 43.3 Å². The summed E-state index contributed by atoms with van der Waals surface area (Å²) in [6.07, 6.45) is 2.79. The number of aryl methyl sites for hydroxylation is 1.